The molecule has 3 aromatic rings. The predicted molar refractivity (Wildman–Crippen MR) is 74.2 cm³/mol. The molecule has 5 heteroatoms. The third-order valence-electron chi connectivity index (χ3n) is 3.30. The first-order valence-corrected chi connectivity index (χ1v) is 6.30. The molecule has 0 spiro atoms. The van der Waals surface area contributed by atoms with E-state index in [0.29, 0.717) is 30.0 Å². The molecule has 0 fully saturated rings. The predicted octanol–water partition coefficient (Wildman–Crippen LogP) is 3.14. The summed E-state index contributed by atoms with van der Waals surface area (Å²) >= 11 is 0. The zero-order valence-corrected chi connectivity index (χ0v) is 10.7. The minimum absolute atomic E-state index is 0.235. The fourth-order valence-electron chi connectivity index (χ4n) is 2.29. The van der Waals surface area contributed by atoms with Crippen LogP contribution in [0.25, 0.3) is 11.0 Å². The number of hydrogen-bond acceptors (Lipinski definition) is 2. The second kappa shape index (κ2) is 4.92. The zero-order valence-electron chi connectivity index (χ0n) is 10.7. The minimum atomic E-state index is -0.351. The van der Waals surface area contributed by atoms with Gasteiger partial charge in [-0.1, -0.05) is 18.2 Å². The van der Waals surface area contributed by atoms with Crippen molar-refractivity contribution in [1.29, 1.82) is 0 Å². The smallest absolute Gasteiger partial charge is 0.201 e. The first-order chi connectivity index (χ1) is 9.65. The van der Waals surface area contributed by atoms with E-state index in [-0.39, 0.29) is 11.6 Å². The third-order valence-corrected chi connectivity index (χ3v) is 3.30. The quantitative estimate of drug-likeness (QED) is 0.796. The molecule has 1 aromatic heterocycles. The largest absolute Gasteiger partial charge is 0.369 e. The molecule has 3 rings (SSSR count). The van der Waals surface area contributed by atoms with Gasteiger partial charge in [-0.05, 0) is 30.2 Å². The van der Waals surface area contributed by atoms with Gasteiger partial charge in [0, 0.05) is 12.6 Å². The average Bonchev–Trinajstić information content (AvgIpc) is 2.73. The number of nitrogens with two attached hydrogens (primary N) is 1. The molecule has 20 heavy (non-hydrogen) atoms. The van der Waals surface area contributed by atoms with E-state index in [1.165, 1.54) is 18.2 Å². The van der Waals surface area contributed by atoms with Gasteiger partial charge in [-0.15, -0.1) is 0 Å². The van der Waals surface area contributed by atoms with Crippen LogP contribution in [-0.2, 0) is 13.0 Å². The number of rotatable bonds is 3. The molecular formula is C15H13F2N3. The van der Waals surface area contributed by atoms with Crippen molar-refractivity contribution >= 4 is 17.0 Å². The number of hydrogen-bond donors (Lipinski definition) is 1. The molecule has 0 bridgehead atoms. The lowest BCUT2D eigenvalue weighted by atomic mass is 10.1. The van der Waals surface area contributed by atoms with Gasteiger partial charge < -0.3 is 10.3 Å². The Balaban J connectivity index is 1.91. The first kappa shape index (κ1) is 12.6. The van der Waals surface area contributed by atoms with Gasteiger partial charge in [0.2, 0.25) is 5.95 Å². The molecule has 0 amide bonds. The van der Waals surface area contributed by atoms with Crippen LogP contribution in [0.3, 0.4) is 0 Å². The second-order valence-electron chi connectivity index (χ2n) is 4.60. The van der Waals surface area contributed by atoms with Gasteiger partial charge in [-0.3, -0.25) is 0 Å². The number of anilines is 1. The SMILES string of the molecule is Nc1nc2cc(F)ccc2n1CCc1ccccc1F. The Kier molecular flexibility index (Phi) is 3.10. The number of aryl methyl sites for hydroxylation is 2. The van der Waals surface area contributed by atoms with E-state index in [4.69, 9.17) is 5.73 Å². The Bertz CT molecular complexity index is 765. The summed E-state index contributed by atoms with van der Waals surface area (Å²) in [5.74, 6) is -0.278. The summed E-state index contributed by atoms with van der Waals surface area (Å²) in [4.78, 5) is 4.12. The number of halogens is 2. The van der Waals surface area contributed by atoms with E-state index in [2.05, 4.69) is 4.98 Å². The summed E-state index contributed by atoms with van der Waals surface area (Å²) < 4.78 is 28.5. The molecule has 0 saturated carbocycles. The van der Waals surface area contributed by atoms with Gasteiger partial charge in [-0.25, -0.2) is 13.8 Å². The molecule has 2 aromatic carbocycles. The van der Waals surface area contributed by atoms with Crippen LogP contribution in [0.5, 0.6) is 0 Å². The fourth-order valence-corrected chi connectivity index (χ4v) is 2.29. The van der Waals surface area contributed by atoms with Gasteiger partial charge in [0.15, 0.2) is 0 Å². The highest BCUT2D eigenvalue weighted by Crippen LogP contribution is 2.20. The maximum Gasteiger partial charge on any atom is 0.201 e. The molecule has 0 aliphatic heterocycles. The van der Waals surface area contributed by atoms with Crippen molar-refractivity contribution in [2.24, 2.45) is 0 Å². The lowest BCUT2D eigenvalue weighted by Gasteiger charge is -2.07. The van der Waals surface area contributed by atoms with Crippen LogP contribution in [0.15, 0.2) is 42.5 Å². The summed E-state index contributed by atoms with van der Waals surface area (Å²) in [5, 5.41) is 0. The Morgan fingerprint density at radius 2 is 1.90 bits per heavy atom. The van der Waals surface area contributed by atoms with E-state index in [1.54, 1.807) is 28.8 Å². The summed E-state index contributed by atoms with van der Waals surface area (Å²) in [5.41, 5.74) is 7.72. The first-order valence-electron chi connectivity index (χ1n) is 6.30. The number of benzene rings is 2. The van der Waals surface area contributed by atoms with Crippen molar-refractivity contribution < 1.29 is 8.78 Å². The van der Waals surface area contributed by atoms with Crippen molar-refractivity contribution in [2.45, 2.75) is 13.0 Å². The van der Waals surface area contributed by atoms with Crippen molar-refractivity contribution in [3.05, 3.63) is 59.7 Å². The van der Waals surface area contributed by atoms with Gasteiger partial charge in [0.05, 0.1) is 11.0 Å². The molecule has 1 heterocycles. The van der Waals surface area contributed by atoms with Crippen molar-refractivity contribution in [3.8, 4) is 0 Å². The molecule has 0 aliphatic rings. The van der Waals surface area contributed by atoms with Crippen LogP contribution >= 0.6 is 0 Å². The van der Waals surface area contributed by atoms with Crippen LogP contribution in [0.1, 0.15) is 5.56 Å². The molecule has 102 valence electrons. The average molecular weight is 273 g/mol. The second-order valence-corrected chi connectivity index (χ2v) is 4.60. The Labute approximate surface area is 114 Å². The molecule has 0 saturated heterocycles. The lowest BCUT2D eigenvalue weighted by Crippen LogP contribution is -2.06. The summed E-state index contributed by atoms with van der Waals surface area (Å²) in [6.07, 6.45) is 0.500. The maximum absolute atomic E-state index is 13.6. The van der Waals surface area contributed by atoms with Crippen LogP contribution in [0.4, 0.5) is 14.7 Å². The van der Waals surface area contributed by atoms with Gasteiger partial charge >= 0.3 is 0 Å². The van der Waals surface area contributed by atoms with Crippen LogP contribution in [-0.4, -0.2) is 9.55 Å². The van der Waals surface area contributed by atoms with Crippen LogP contribution in [0, 0.1) is 11.6 Å². The summed E-state index contributed by atoms with van der Waals surface area (Å²) in [6.45, 7) is 0.495. The highest BCUT2D eigenvalue weighted by atomic mass is 19.1. The maximum atomic E-state index is 13.6. The normalized spacial score (nSPS) is 11.1. The molecule has 2 N–H and O–H groups in total. The number of nitrogen functional groups attached to an aromatic ring is 1. The molecule has 3 nitrogen and oxygen atoms in total. The number of fused-ring (bicyclic) bond motifs is 1. The Morgan fingerprint density at radius 1 is 1.10 bits per heavy atom. The van der Waals surface area contributed by atoms with Crippen molar-refractivity contribution in [2.75, 3.05) is 5.73 Å². The van der Waals surface area contributed by atoms with Crippen LogP contribution in [0.2, 0.25) is 0 Å². The van der Waals surface area contributed by atoms with Crippen LogP contribution < -0.4 is 5.73 Å². The van der Waals surface area contributed by atoms with E-state index in [1.807, 2.05) is 0 Å². The molecule has 0 atom stereocenters. The standard InChI is InChI=1S/C15H13F2N3/c16-11-5-6-14-13(9-11)19-15(18)20(14)8-7-10-3-1-2-4-12(10)17/h1-6,9H,7-8H2,(H2,18,19). The molecule has 0 unspecified atom stereocenters. The minimum Gasteiger partial charge on any atom is -0.369 e. The molecular weight excluding hydrogens is 260 g/mol. The Morgan fingerprint density at radius 3 is 2.70 bits per heavy atom. The van der Waals surface area contributed by atoms with Gasteiger partial charge in [-0.2, -0.15) is 0 Å². The van der Waals surface area contributed by atoms with E-state index in [0.717, 1.165) is 5.52 Å². The number of imidazole rings is 1. The summed E-state index contributed by atoms with van der Waals surface area (Å²) in [6, 6.07) is 11.0. The highest BCUT2D eigenvalue weighted by Gasteiger charge is 2.09. The Hall–Kier alpha value is -2.43. The molecule has 0 aliphatic carbocycles. The monoisotopic (exact) mass is 273 g/mol. The van der Waals surface area contributed by atoms with E-state index in [9.17, 15) is 8.78 Å². The van der Waals surface area contributed by atoms with E-state index < -0.39 is 0 Å². The van der Waals surface area contributed by atoms with E-state index >= 15 is 0 Å². The molecule has 0 radical (unpaired) electrons. The van der Waals surface area contributed by atoms with Crippen molar-refractivity contribution in [3.63, 3.8) is 0 Å². The fraction of sp³-hybridized carbons (Fsp3) is 0.133. The number of aromatic nitrogens is 2. The topological polar surface area (TPSA) is 43.8 Å². The third kappa shape index (κ3) is 2.22. The van der Waals surface area contributed by atoms with Crippen molar-refractivity contribution in [1.82, 2.24) is 9.55 Å². The lowest BCUT2D eigenvalue weighted by molar-refractivity contribution is 0.597. The number of nitrogens with zero attached hydrogens (tertiary/aromatic N) is 2. The highest BCUT2D eigenvalue weighted by molar-refractivity contribution is 5.78. The van der Waals surface area contributed by atoms with Gasteiger partial charge in [0.25, 0.3) is 0 Å². The van der Waals surface area contributed by atoms with Gasteiger partial charge in [0.1, 0.15) is 11.6 Å². The summed E-state index contributed by atoms with van der Waals surface area (Å²) in [7, 11) is 0. The zero-order chi connectivity index (χ0) is 14.1.